The number of methoxy groups -OCH3 is 1. The Balaban J connectivity index is 2.65. The van der Waals surface area contributed by atoms with Gasteiger partial charge in [-0.15, -0.1) is 0 Å². The molecule has 0 aliphatic heterocycles. The Kier molecular flexibility index (Phi) is 4.98. The second-order valence-electron chi connectivity index (χ2n) is 3.59. The van der Waals surface area contributed by atoms with Gasteiger partial charge in [-0.2, -0.15) is 0 Å². The summed E-state index contributed by atoms with van der Waals surface area (Å²) in [6.45, 7) is 3.99. The normalized spacial score (nSPS) is 14.4. The molecule has 1 heterocycles. The molecular formula is C11H19N3O2. The molecule has 0 radical (unpaired) electrons. The summed E-state index contributed by atoms with van der Waals surface area (Å²) in [4.78, 5) is 18.7. The van der Waals surface area contributed by atoms with Crippen LogP contribution >= 0.6 is 0 Å². The summed E-state index contributed by atoms with van der Waals surface area (Å²) in [5.74, 6) is 0.623. The number of carbonyl (C=O) groups is 1. The Morgan fingerprint density at radius 3 is 2.75 bits per heavy atom. The van der Waals surface area contributed by atoms with Gasteiger partial charge in [0, 0.05) is 12.4 Å². The zero-order valence-electron chi connectivity index (χ0n) is 9.99. The molecule has 16 heavy (non-hydrogen) atoms. The van der Waals surface area contributed by atoms with Gasteiger partial charge in [0.1, 0.15) is 11.9 Å². The van der Waals surface area contributed by atoms with E-state index in [9.17, 15) is 4.79 Å². The molecule has 5 nitrogen and oxygen atoms in total. The second-order valence-corrected chi connectivity index (χ2v) is 3.59. The maximum Gasteiger partial charge on any atom is 0.322 e. The van der Waals surface area contributed by atoms with Crippen molar-refractivity contribution in [3.63, 3.8) is 0 Å². The highest BCUT2D eigenvalue weighted by atomic mass is 16.5. The van der Waals surface area contributed by atoms with Crippen molar-refractivity contribution in [1.82, 2.24) is 15.3 Å². The van der Waals surface area contributed by atoms with E-state index in [-0.39, 0.29) is 18.1 Å². The number of imidazole rings is 1. The van der Waals surface area contributed by atoms with Crippen molar-refractivity contribution in [3.05, 3.63) is 18.2 Å². The third-order valence-corrected chi connectivity index (χ3v) is 2.55. The number of hydrogen-bond donors (Lipinski definition) is 2. The lowest BCUT2D eigenvalue weighted by Crippen LogP contribution is -2.39. The maximum atomic E-state index is 11.4. The van der Waals surface area contributed by atoms with Crippen LogP contribution in [0.4, 0.5) is 0 Å². The Hall–Kier alpha value is -1.36. The molecule has 5 heteroatoms. The van der Waals surface area contributed by atoms with Crippen LogP contribution in [-0.4, -0.2) is 29.1 Å². The minimum Gasteiger partial charge on any atom is -0.468 e. The molecule has 0 amide bonds. The zero-order chi connectivity index (χ0) is 12.0. The number of hydrogen-bond acceptors (Lipinski definition) is 4. The van der Waals surface area contributed by atoms with Crippen molar-refractivity contribution in [2.45, 2.75) is 38.8 Å². The number of aromatic nitrogens is 2. The maximum absolute atomic E-state index is 11.4. The van der Waals surface area contributed by atoms with E-state index in [0.717, 1.165) is 12.2 Å². The molecule has 0 spiro atoms. The molecule has 2 N–H and O–H groups in total. The third kappa shape index (κ3) is 3.06. The molecule has 1 rings (SSSR count). The average Bonchev–Trinajstić information content (AvgIpc) is 2.83. The van der Waals surface area contributed by atoms with E-state index < -0.39 is 0 Å². The smallest absolute Gasteiger partial charge is 0.322 e. The van der Waals surface area contributed by atoms with Crippen LogP contribution in [0.3, 0.4) is 0 Å². The molecule has 1 aromatic rings. The SMILES string of the molecule is CCC(NC(CC)c1ncc[nH]1)C(=O)OC. The predicted molar refractivity (Wildman–Crippen MR) is 60.9 cm³/mol. The van der Waals surface area contributed by atoms with Crippen molar-refractivity contribution in [2.75, 3.05) is 7.11 Å². The molecule has 0 fully saturated rings. The van der Waals surface area contributed by atoms with Crippen LogP contribution in [0.25, 0.3) is 0 Å². The van der Waals surface area contributed by atoms with Gasteiger partial charge in [0.15, 0.2) is 0 Å². The standard InChI is InChI=1S/C11H19N3O2/c1-4-8(10-12-6-7-13-10)14-9(5-2)11(15)16-3/h6-9,14H,4-5H2,1-3H3,(H,12,13). The number of aromatic amines is 1. The number of nitrogens with zero attached hydrogens (tertiary/aromatic N) is 1. The van der Waals surface area contributed by atoms with E-state index >= 15 is 0 Å². The monoisotopic (exact) mass is 225 g/mol. The van der Waals surface area contributed by atoms with Crippen LogP contribution in [0.15, 0.2) is 12.4 Å². The highest BCUT2D eigenvalue weighted by Gasteiger charge is 2.22. The highest BCUT2D eigenvalue weighted by Crippen LogP contribution is 2.13. The van der Waals surface area contributed by atoms with Gasteiger partial charge in [0.05, 0.1) is 13.2 Å². The molecule has 2 atom stereocenters. The molecular weight excluding hydrogens is 206 g/mol. The number of nitrogens with one attached hydrogen (secondary N) is 2. The fraction of sp³-hybridized carbons (Fsp3) is 0.636. The van der Waals surface area contributed by atoms with Gasteiger partial charge >= 0.3 is 5.97 Å². The van der Waals surface area contributed by atoms with Crippen molar-refractivity contribution >= 4 is 5.97 Å². The number of rotatable bonds is 6. The van der Waals surface area contributed by atoms with E-state index in [1.807, 2.05) is 13.8 Å². The van der Waals surface area contributed by atoms with Gasteiger partial charge in [-0.25, -0.2) is 4.98 Å². The number of carbonyl (C=O) groups excluding carboxylic acids is 1. The second kappa shape index (κ2) is 6.27. The molecule has 2 unspecified atom stereocenters. The molecule has 0 aromatic carbocycles. The van der Waals surface area contributed by atoms with Crippen LogP contribution in [0.1, 0.15) is 38.6 Å². The minimum atomic E-state index is -0.278. The van der Waals surface area contributed by atoms with E-state index in [1.165, 1.54) is 7.11 Å². The molecule has 90 valence electrons. The summed E-state index contributed by atoms with van der Waals surface area (Å²) < 4.78 is 4.73. The van der Waals surface area contributed by atoms with E-state index in [2.05, 4.69) is 15.3 Å². The molecule has 0 aliphatic carbocycles. The molecule has 0 saturated heterocycles. The van der Waals surface area contributed by atoms with Crippen molar-refractivity contribution < 1.29 is 9.53 Å². The lowest BCUT2D eigenvalue weighted by molar-refractivity contribution is -0.143. The van der Waals surface area contributed by atoms with E-state index in [4.69, 9.17) is 4.74 Å². The Morgan fingerprint density at radius 1 is 1.56 bits per heavy atom. The molecule has 0 bridgehead atoms. The van der Waals surface area contributed by atoms with Crippen molar-refractivity contribution in [2.24, 2.45) is 0 Å². The Labute approximate surface area is 95.6 Å². The van der Waals surface area contributed by atoms with Crippen molar-refractivity contribution in [3.8, 4) is 0 Å². The third-order valence-electron chi connectivity index (χ3n) is 2.55. The lowest BCUT2D eigenvalue weighted by Gasteiger charge is -2.20. The summed E-state index contributed by atoms with van der Waals surface area (Å²) in [6, 6.07) is -0.223. The predicted octanol–water partition coefficient (Wildman–Crippen LogP) is 1.40. The van der Waals surface area contributed by atoms with Crippen LogP contribution in [-0.2, 0) is 9.53 Å². The summed E-state index contributed by atoms with van der Waals surface area (Å²) in [6.07, 6.45) is 5.04. The first-order chi connectivity index (χ1) is 7.72. The van der Waals surface area contributed by atoms with Crippen LogP contribution in [0.5, 0.6) is 0 Å². The molecule has 0 aliphatic rings. The highest BCUT2D eigenvalue weighted by molar-refractivity contribution is 5.75. The van der Waals surface area contributed by atoms with Gasteiger partial charge in [-0.3, -0.25) is 10.1 Å². The lowest BCUT2D eigenvalue weighted by atomic mass is 10.1. The van der Waals surface area contributed by atoms with Gasteiger partial charge in [-0.05, 0) is 12.8 Å². The van der Waals surface area contributed by atoms with Crippen LogP contribution in [0, 0.1) is 0 Å². The largest absolute Gasteiger partial charge is 0.468 e. The van der Waals surface area contributed by atoms with Crippen LogP contribution < -0.4 is 5.32 Å². The van der Waals surface area contributed by atoms with Crippen molar-refractivity contribution in [1.29, 1.82) is 0 Å². The first kappa shape index (κ1) is 12.7. The fourth-order valence-corrected chi connectivity index (χ4v) is 1.60. The molecule has 0 saturated carbocycles. The molecule has 1 aromatic heterocycles. The van der Waals surface area contributed by atoms with Gasteiger partial charge in [0.25, 0.3) is 0 Å². The summed E-state index contributed by atoms with van der Waals surface area (Å²) >= 11 is 0. The number of H-pyrrole nitrogens is 1. The Morgan fingerprint density at radius 2 is 2.31 bits per heavy atom. The Bertz CT molecular complexity index is 311. The summed E-state index contributed by atoms with van der Waals surface area (Å²) in [5.41, 5.74) is 0. The zero-order valence-corrected chi connectivity index (χ0v) is 9.99. The number of ether oxygens (including phenoxy) is 1. The first-order valence-corrected chi connectivity index (χ1v) is 5.56. The average molecular weight is 225 g/mol. The first-order valence-electron chi connectivity index (χ1n) is 5.56. The van der Waals surface area contributed by atoms with Gasteiger partial charge in [0.2, 0.25) is 0 Å². The minimum absolute atomic E-state index is 0.0547. The number of esters is 1. The fourth-order valence-electron chi connectivity index (χ4n) is 1.60. The summed E-state index contributed by atoms with van der Waals surface area (Å²) in [7, 11) is 1.40. The van der Waals surface area contributed by atoms with Gasteiger partial charge in [-0.1, -0.05) is 13.8 Å². The van der Waals surface area contributed by atoms with E-state index in [0.29, 0.717) is 6.42 Å². The van der Waals surface area contributed by atoms with E-state index in [1.54, 1.807) is 12.4 Å². The topological polar surface area (TPSA) is 67.0 Å². The summed E-state index contributed by atoms with van der Waals surface area (Å²) in [5, 5.41) is 3.24. The van der Waals surface area contributed by atoms with Gasteiger partial charge < -0.3 is 9.72 Å². The quantitative estimate of drug-likeness (QED) is 0.718. The van der Waals surface area contributed by atoms with Crippen LogP contribution in [0.2, 0.25) is 0 Å².